The Kier molecular flexibility index (Phi) is 8.29. The van der Waals surface area contributed by atoms with Gasteiger partial charge in [0.05, 0.1) is 24.5 Å². The number of benzene rings is 1. The van der Waals surface area contributed by atoms with Gasteiger partial charge in [-0.25, -0.2) is 18.4 Å². The fourth-order valence-electron chi connectivity index (χ4n) is 3.97. The predicted molar refractivity (Wildman–Crippen MR) is 140 cm³/mol. The molecule has 0 spiro atoms. The van der Waals surface area contributed by atoms with Gasteiger partial charge in [0, 0.05) is 32.2 Å². The van der Waals surface area contributed by atoms with Crippen molar-refractivity contribution in [1.82, 2.24) is 34.5 Å². The Morgan fingerprint density at radius 1 is 1.05 bits per heavy atom. The fraction of sp³-hybridized carbons (Fsp3) is 0.375. The average molecular weight is 562 g/mol. The van der Waals surface area contributed by atoms with E-state index in [-0.39, 0.29) is 18.3 Å². The van der Waals surface area contributed by atoms with E-state index >= 15 is 0 Å². The zero-order chi connectivity index (χ0) is 27.4. The third-order valence-corrected chi connectivity index (χ3v) is 8.10. The number of nitrogens with zero attached hydrogens (tertiary/aromatic N) is 7. The lowest BCUT2D eigenvalue weighted by Gasteiger charge is -2.23. The van der Waals surface area contributed by atoms with Gasteiger partial charge in [-0.2, -0.15) is 5.10 Å². The molecule has 4 aromatic rings. The molecule has 0 bridgehead atoms. The van der Waals surface area contributed by atoms with Crippen LogP contribution in [0.15, 0.2) is 42.9 Å². The van der Waals surface area contributed by atoms with E-state index in [1.54, 1.807) is 60.6 Å². The smallest absolute Gasteiger partial charge is 0.189 e. The summed E-state index contributed by atoms with van der Waals surface area (Å²) in [7, 11) is 0.905. The molecule has 0 fully saturated rings. The maximum absolute atomic E-state index is 13.8. The van der Waals surface area contributed by atoms with Crippen molar-refractivity contribution in [1.29, 1.82) is 0 Å². The molecule has 1 aromatic carbocycles. The first-order chi connectivity index (χ1) is 18.2. The van der Waals surface area contributed by atoms with Crippen LogP contribution in [0.4, 0.5) is 0 Å². The molecule has 0 aliphatic carbocycles. The SMILES string of the molecule is CCO[C@H](c1ncc(Cl)cn1)[C@@H](C)S(=O)(=O)Cc1nnc(-c2ccn(C)n2)n1-c1c(OC)cccc1OC. The number of sulfone groups is 1. The molecule has 0 aliphatic rings. The van der Waals surface area contributed by atoms with E-state index in [1.807, 2.05) is 0 Å². The van der Waals surface area contributed by atoms with Crippen LogP contribution in [0.2, 0.25) is 5.02 Å². The van der Waals surface area contributed by atoms with E-state index in [0.717, 1.165) is 0 Å². The van der Waals surface area contributed by atoms with Gasteiger partial charge in [-0.3, -0.25) is 9.25 Å². The van der Waals surface area contributed by atoms with Crippen molar-refractivity contribution >= 4 is 21.4 Å². The second kappa shape index (κ2) is 11.5. The highest BCUT2D eigenvalue weighted by Gasteiger charge is 2.36. The molecule has 3 heterocycles. The highest BCUT2D eigenvalue weighted by Crippen LogP contribution is 2.37. The zero-order valence-corrected chi connectivity index (χ0v) is 23.1. The summed E-state index contributed by atoms with van der Waals surface area (Å²) in [4.78, 5) is 8.37. The Hall–Kier alpha value is -3.55. The van der Waals surface area contributed by atoms with E-state index in [1.165, 1.54) is 26.6 Å². The number of hydrogen-bond donors (Lipinski definition) is 0. The van der Waals surface area contributed by atoms with Gasteiger partial charge in [0.1, 0.15) is 34.7 Å². The van der Waals surface area contributed by atoms with Crippen LogP contribution in [0.3, 0.4) is 0 Å². The van der Waals surface area contributed by atoms with E-state index in [9.17, 15) is 8.42 Å². The second-order valence-corrected chi connectivity index (χ2v) is 11.1. The summed E-state index contributed by atoms with van der Waals surface area (Å²) < 4.78 is 47.7. The third kappa shape index (κ3) is 5.49. The number of aryl methyl sites for hydroxylation is 1. The molecule has 14 heteroatoms. The van der Waals surface area contributed by atoms with Gasteiger partial charge in [-0.05, 0) is 32.0 Å². The first-order valence-electron chi connectivity index (χ1n) is 11.7. The summed E-state index contributed by atoms with van der Waals surface area (Å²) in [5.74, 6) is 1.10. The van der Waals surface area contributed by atoms with E-state index in [2.05, 4.69) is 25.3 Å². The van der Waals surface area contributed by atoms with Crippen molar-refractivity contribution in [3.63, 3.8) is 0 Å². The Morgan fingerprint density at radius 2 is 1.71 bits per heavy atom. The summed E-state index contributed by atoms with van der Waals surface area (Å²) in [6.45, 7) is 3.58. The highest BCUT2D eigenvalue weighted by atomic mass is 35.5. The fourth-order valence-corrected chi connectivity index (χ4v) is 5.45. The van der Waals surface area contributed by atoms with Crippen molar-refractivity contribution in [3.05, 3.63) is 59.5 Å². The number of aromatic nitrogens is 7. The Labute approximate surface area is 225 Å². The molecular formula is C24H28ClN7O5S. The molecule has 0 N–H and O–H groups in total. The normalized spacial score (nSPS) is 13.3. The Balaban J connectivity index is 1.82. The molecule has 0 saturated heterocycles. The van der Waals surface area contributed by atoms with Crippen molar-refractivity contribution in [2.45, 2.75) is 31.0 Å². The molecule has 0 radical (unpaired) electrons. The minimum absolute atomic E-state index is 0.146. The summed E-state index contributed by atoms with van der Waals surface area (Å²) in [6.07, 6.45) is 3.64. The molecule has 4 rings (SSSR count). The van der Waals surface area contributed by atoms with Crippen molar-refractivity contribution in [2.24, 2.45) is 7.05 Å². The van der Waals surface area contributed by atoms with Crippen LogP contribution in [-0.4, -0.2) is 69.0 Å². The van der Waals surface area contributed by atoms with Gasteiger partial charge in [-0.1, -0.05) is 17.7 Å². The number of ether oxygens (including phenoxy) is 3. The van der Waals surface area contributed by atoms with Crippen LogP contribution >= 0.6 is 11.6 Å². The topological polar surface area (TPSA) is 136 Å². The van der Waals surface area contributed by atoms with Crippen molar-refractivity contribution < 1.29 is 22.6 Å². The van der Waals surface area contributed by atoms with Gasteiger partial charge in [0.25, 0.3) is 0 Å². The van der Waals surface area contributed by atoms with E-state index in [4.69, 9.17) is 25.8 Å². The maximum atomic E-state index is 13.8. The van der Waals surface area contributed by atoms with Gasteiger partial charge < -0.3 is 14.2 Å². The lowest BCUT2D eigenvalue weighted by Crippen LogP contribution is -2.30. The molecule has 0 aliphatic heterocycles. The standard InChI is InChI=1S/C24H28ClN7O5S/c1-6-37-22(23-26-12-16(25)13-27-23)15(2)38(33,34)14-20-28-29-24(17-10-11-31(3)30-17)32(20)21-18(35-4)8-7-9-19(21)36-5/h7-13,15,22H,6,14H2,1-5H3/t15-,22+/m1/s1. The molecule has 3 aromatic heterocycles. The van der Waals surface area contributed by atoms with Crippen molar-refractivity contribution in [3.8, 4) is 28.7 Å². The monoisotopic (exact) mass is 561 g/mol. The molecule has 2 atom stereocenters. The quantitative estimate of drug-likeness (QED) is 0.268. The zero-order valence-electron chi connectivity index (χ0n) is 21.6. The lowest BCUT2D eigenvalue weighted by atomic mass is 10.2. The molecule has 202 valence electrons. The molecule has 12 nitrogen and oxygen atoms in total. The van der Waals surface area contributed by atoms with Crippen LogP contribution in [0.25, 0.3) is 17.2 Å². The van der Waals surface area contributed by atoms with Crippen LogP contribution in [0.5, 0.6) is 11.5 Å². The average Bonchev–Trinajstić information content (AvgIpc) is 3.52. The molecule has 38 heavy (non-hydrogen) atoms. The van der Waals surface area contributed by atoms with Gasteiger partial charge >= 0.3 is 0 Å². The molecular weight excluding hydrogens is 534 g/mol. The van der Waals surface area contributed by atoms with Gasteiger partial charge in [0.15, 0.2) is 27.3 Å². The summed E-state index contributed by atoms with van der Waals surface area (Å²) in [6, 6.07) is 7.00. The number of methoxy groups -OCH3 is 2. The minimum Gasteiger partial charge on any atom is -0.494 e. The predicted octanol–water partition coefficient (Wildman–Crippen LogP) is 3.21. The van der Waals surface area contributed by atoms with Gasteiger partial charge in [0.2, 0.25) is 0 Å². The Bertz CT molecular complexity index is 1480. The second-order valence-electron chi connectivity index (χ2n) is 8.31. The summed E-state index contributed by atoms with van der Waals surface area (Å²) >= 11 is 5.92. The Morgan fingerprint density at radius 3 is 2.26 bits per heavy atom. The first kappa shape index (κ1) is 27.5. The third-order valence-electron chi connectivity index (χ3n) is 5.86. The highest BCUT2D eigenvalue weighted by molar-refractivity contribution is 7.91. The number of para-hydroxylation sites is 1. The van der Waals surface area contributed by atoms with E-state index in [0.29, 0.717) is 33.7 Å². The largest absolute Gasteiger partial charge is 0.494 e. The maximum Gasteiger partial charge on any atom is 0.189 e. The molecule has 0 saturated carbocycles. The van der Waals surface area contributed by atoms with Crippen LogP contribution in [0, 0.1) is 0 Å². The van der Waals surface area contributed by atoms with Crippen molar-refractivity contribution in [2.75, 3.05) is 20.8 Å². The summed E-state index contributed by atoms with van der Waals surface area (Å²) in [5.41, 5.74) is 0.940. The first-order valence-corrected chi connectivity index (χ1v) is 13.8. The number of hydrogen-bond acceptors (Lipinski definition) is 10. The molecule has 0 unspecified atom stereocenters. The lowest BCUT2D eigenvalue weighted by molar-refractivity contribution is 0.0556. The number of rotatable bonds is 11. The minimum atomic E-state index is -3.89. The van der Waals surface area contributed by atoms with Crippen LogP contribution in [-0.2, 0) is 27.4 Å². The van der Waals surface area contributed by atoms with E-state index < -0.39 is 26.9 Å². The molecule has 0 amide bonds. The van der Waals surface area contributed by atoms with Crippen LogP contribution in [0.1, 0.15) is 31.6 Å². The van der Waals surface area contributed by atoms with Crippen LogP contribution < -0.4 is 9.47 Å². The van der Waals surface area contributed by atoms with Gasteiger partial charge in [-0.15, -0.1) is 10.2 Å². The summed E-state index contributed by atoms with van der Waals surface area (Å²) in [5, 5.41) is 12.3. The number of halogens is 1.